The van der Waals surface area contributed by atoms with E-state index in [0.717, 1.165) is 23.9 Å². The number of thioether (sulfide) groups is 1. The molecule has 28 heavy (non-hydrogen) atoms. The first-order valence-corrected chi connectivity index (χ1v) is 9.34. The highest BCUT2D eigenvalue weighted by Gasteiger charge is 2.35. The molecule has 2 N–H and O–H groups in total. The van der Waals surface area contributed by atoms with E-state index < -0.39 is 46.4 Å². The first kappa shape index (κ1) is 22.1. The molecule has 10 heteroatoms. The van der Waals surface area contributed by atoms with Crippen molar-refractivity contribution >= 4 is 35.2 Å². The molecule has 0 aromatic heterocycles. The van der Waals surface area contributed by atoms with Crippen molar-refractivity contribution < 1.29 is 32.3 Å². The van der Waals surface area contributed by atoms with Crippen molar-refractivity contribution in [3.05, 3.63) is 23.8 Å². The van der Waals surface area contributed by atoms with Crippen LogP contribution in [0.3, 0.4) is 0 Å². The highest BCUT2D eigenvalue weighted by atomic mass is 32.2. The Morgan fingerprint density at radius 1 is 1.29 bits per heavy atom. The van der Waals surface area contributed by atoms with Gasteiger partial charge in [0.15, 0.2) is 6.10 Å². The van der Waals surface area contributed by atoms with E-state index in [1.54, 1.807) is 20.8 Å². The molecule has 0 bridgehead atoms. The van der Waals surface area contributed by atoms with Gasteiger partial charge in [0.05, 0.1) is 22.9 Å². The number of fused-ring (bicyclic) bond motifs is 1. The van der Waals surface area contributed by atoms with Crippen molar-refractivity contribution in [3.63, 3.8) is 0 Å². The summed E-state index contributed by atoms with van der Waals surface area (Å²) in [5.41, 5.74) is -1.31. The first-order chi connectivity index (χ1) is 12.8. The number of hydrogen-bond donors (Lipinski definition) is 2. The molecule has 1 aromatic rings. The number of halogens is 3. The Balaban J connectivity index is 1.99. The lowest BCUT2D eigenvalue weighted by atomic mass is 10.1. The van der Waals surface area contributed by atoms with Gasteiger partial charge in [0, 0.05) is 10.4 Å². The average molecular weight is 418 g/mol. The number of rotatable bonds is 4. The number of carbonyl (C=O) groups excluding carboxylic acids is 3. The van der Waals surface area contributed by atoms with E-state index in [0.29, 0.717) is 4.90 Å². The number of benzene rings is 1. The number of alkyl halides is 3. The topological polar surface area (TPSA) is 84.5 Å². The van der Waals surface area contributed by atoms with Crippen LogP contribution < -0.4 is 10.6 Å². The van der Waals surface area contributed by atoms with Gasteiger partial charge in [-0.1, -0.05) is 0 Å². The van der Waals surface area contributed by atoms with E-state index in [1.807, 2.05) is 0 Å². The van der Waals surface area contributed by atoms with Crippen LogP contribution in [-0.2, 0) is 25.3 Å². The van der Waals surface area contributed by atoms with Gasteiger partial charge in [0.1, 0.15) is 0 Å². The number of ether oxygens (including phenoxy) is 1. The fraction of sp³-hybridized carbons (Fsp3) is 0.500. The van der Waals surface area contributed by atoms with Crippen molar-refractivity contribution in [2.24, 2.45) is 0 Å². The quantitative estimate of drug-likeness (QED) is 0.733. The Labute approximate surface area is 164 Å². The SMILES string of the molecule is CC(OC(=O)CC1Sc2ccc(C(F)(F)F)cc2NC1=O)C(=O)NC(C)(C)C. The standard InChI is InChI=1S/C18H21F3N2O4S/c1-9(15(25)23-17(2,3)4)27-14(24)8-13-16(26)22-11-7-10(18(19,20)21)5-6-12(11)28-13/h5-7,9,13H,8H2,1-4H3,(H,22,26)(H,23,25). The fourth-order valence-electron chi connectivity index (χ4n) is 2.38. The molecule has 0 saturated carbocycles. The molecule has 1 aliphatic rings. The van der Waals surface area contributed by atoms with Crippen LogP contribution in [0.1, 0.15) is 39.7 Å². The van der Waals surface area contributed by atoms with Crippen LogP contribution in [0.4, 0.5) is 18.9 Å². The molecule has 154 valence electrons. The Kier molecular flexibility index (Phi) is 6.32. The Morgan fingerprint density at radius 3 is 2.50 bits per heavy atom. The van der Waals surface area contributed by atoms with Crippen molar-refractivity contribution in [2.45, 2.75) is 62.1 Å². The van der Waals surface area contributed by atoms with Crippen LogP contribution in [0.5, 0.6) is 0 Å². The highest BCUT2D eigenvalue weighted by molar-refractivity contribution is 8.01. The van der Waals surface area contributed by atoms with Gasteiger partial charge in [-0.3, -0.25) is 14.4 Å². The molecule has 0 radical (unpaired) electrons. The van der Waals surface area contributed by atoms with Crippen molar-refractivity contribution in [3.8, 4) is 0 Å². The zero-order valence-electron chi connectivity index (χ0n) is 15.8. The number of esters is 1. The van der Waals surface area contributed by atoms with Crippen LogP contribution in [0.25, 0.3) is 0 Å². The lowest BCUT2D eigenvalue weighted by molar-refractivity contribution is -0.155. The average Bonchev–Trinajstić information content (AvgIpc) is 2.52. The van der Waals surface area contributed by atoms with E-state index in [4.69, 9.17) is 4.74 Å². The molecule has 2 unspecified atom stereocenters. The molecule has 0 fully saturated rings. The number of nitrogens with one attached hydrogen (secondary N) is 2. The maximum Gasteiger partial charge on any atom is 0.416 e. The monoisotopic (exact) mass is 418 g/mol. The van der Waals surface area contributed by atoms with Gasteiger partial charge in [0.25, 0.3) is 5.91 Å². The Hall–Kier alpha value is -2.23. The minimum Gasteiger partial charge on any atom is -0.453 e. The van der Waals surface area contributed by atoms with Gasteiger partial charge >= 0.3 is 12.1 Å². The van der Waals surface area contributed by atoms with Gasteiger partial charge in [0.2, 0.25) is 5.91 Å². The predicted octanol–water partition coefficient (Wildman–Crippen LogP) is 3.35. The van der Waals surface area contributed by atoms with E-state index in [9.17, 15) is 27.6 Å². The van der Waals surface area contributed by atoms with Crippen molar-refractivity contribution in [2.75, 3.05) is 5.32 Å². The molecule has 1 heterocycles. The molecular weight excluding hydrogens is 397 g/mol. The van der Waals surface area contributed by atoms with Crippen LogP contribution in [0.2, 0.25) is 0 Å². The van der Waals surface area contributed by atoms with E-state index >= 15 is 0 Å². The maximum absolute atomic E-state index is 12.8. The highest BCUT2D eigenvalue weighted by Crippen LogP contribution is 2.40. The van der Waals surface area contributed by atoms with Crippen LogP contribution >= 0.6 is 11.8 Å². The molecule has 2 amide bonds. The summed E-state index contributed by atoms with van der Waals surface area (Å²) in [5.74, 6) is -1.81. The summed E-state index contributed by atoms with van der Waals surface area (Å²) < 4.78 is 43.4. The van der Waals surface area contributed by atoms with Gasteiger partial charge in [-0.05, 0) is 45.9 Å². The van der Waals surface area contributed by atoms with Gasteiger partial charge in [-0.15, -0.1) is 11.8 Å². The molecule has 1 aromatic carbocycles. The number of carbonyl (C=O) groups is 3. The molecule has 2 rings (SSSR count). The van der Waals surface area contributed by atoms with Gasteiger partial charge in [-0.2, -0.15) is 13.2 Å². The third-order valence-corrected chi connectivity index (χ3v) is 4.93. The number of amides is 2. The van der Waals surface area contributed by atoms with E-state index in [-0.39, 0.29) is 12.1 Å². The third kappa shape index (κ3) is 5.88. The lowest BCUT2D eigenvalue weighted by Crippen LogP contribution is -2.46. The number of hydrogen-bond acceptors (Lipinski definition) is 5. The summed E-state index contributed by atoms with van der Waals surface area (Å²) in [5, 5.41) is 4.20. The van der Waals surface area contributed by atoms with Crippen molar-refractivity contribution in [1.29, 1.82) is 0 Å². The molecule has 0 spiro atoms. The Bertz CT molecular complexity index is 790. The summed E-state index contributed by atoms with van der Waals surface area (Å²) in [4.78, 5) is 36.6. The largest absolute Gasteiger partial charge is 0.453 e. The zero-order valence-corrected chi connectivity index (χ0v) is 16.6. The molecule has 0 aliphatic carbocycles. The summed E-state index contributed by atoms with van der Waals surface area (Å²) >= 11 is 0.977. The van der Waals surface area contributed by atoms with E-state index in [2.05, 4.69) is 10.6 Å². The van der Waals surface area contributed by atoms with Crippen molar-refractivity contribution in [1.82, 2.24) is 5.32 Å². The molecule has 2 atom stereocenters. The van der Waals surface area contributed by atoms with Gasteiger partial charge < -0.3 is 15.4 Å². The molecule has 6 nitrogen and oxygen atoms in total. The fourth-order valence-corrected chi connectivity index (χ4v) is 3.46. The molecule has 0 saturated heterocycles. The summed E-state index contributed by atoms with van der Waals surface area (Å²) in [6.07, 6.45) is -5.87. The van der Waals surface area contributed by atoms with Crippen LogP contribution in [0.15, 0.2) is 23.1 Å². The normalized spacial score (nSPS) is 18.0. The summed E-state index contributed by atoms with van der Waals surface area (Å²) in [6.45, 7) is 6.76. The summed E-state index contributed by atoms with van der Waals surface area (Å²) in [7, 11) is 0. The van der Waals surface area contributed by atoms with Gasteiger partial charge in [-0.25, -0.2) is 0 Å². The first-order valence-electron chi connectivity index (χ1n) is 8.46. The van der Waals surface area contributed by atoms with Crippen LogP contribution in [0, 0.1) is 0 Å². The Morgan fingerprint density at radius 2 is 1.93 bits per heavy atom. The van der Waals surface area contributed by atoms with E-state index in [1.165, 1.54) is 13.0 Å². The molecule has 1 aliphatic heterocycles. The lowest BCUT2D eigenvalue weighted by Gasteiger charge is -2.25. The second-order valence-electron chi connectivity index (χ2n) is 7.38. The van der Waals surface area contributed by atoms with Crippen LogP contribution in [-0.4, -0.2) is 34.7 Å². The maximum atomic E-state index is 12.8. The molecular formula is C18H21F3N2O4S. The predicted molar refractivity (Wildman–Crippen MR) is 97.8 cm³/mol. The minimum absolute atomic E-state index is 0.0485. The zero-order chi connectivity index (χ0) is 21.3. The second-order valence-corrected chi connectivity index (χ2v) is 8.62. The summed E-state index contributed by atoms with van der Waals surface area (Å²) in [6, 6.07) is 3.02. The minimum atomic E-state index is -4.52. The second kappa shape index (κ2) is 8.02. The smallest absolute Gasteiger partial charge is 0.416 e. The number of anilines is 1. The third-order valence-electron chi connectivity index (χ3n) is 3.65.